The van der Waals surface area contributed by atoms with Crippen molar-refractivity contribution in [3.63, 3.8) is 0 Å². The number of nitrogens with zero attached hydrogens (tertiary/aromatic N) is 2. The number of aryl methyl sites for hydroxylation is 1. The van der Waals surface area contributed by atoms with Crippen molar-refractivity contribution in [1.29, 1.82) is 0 Å². The third-order valence-corrected chi connectivity index (χ3v) is 4.84. The van der Waals surface area contributed by atoms with Crippen molar-refractivity contribution in [3.05, 3.63) is 52.6 Å². The van der Waals surface area contributed by atoms with Gasteiger partial charge in [0.05, 0.1) is 11.1 Å². The average molecular weight is 381 g/mol. The number of hydrogen-bond donors (Lipinski definition) is 2. The fourth-order valence-corrected chi connectivity index (χ4v) is 3.61. The second-order valence-corrected chi connectivity index (χ2v) is 6.44. The highest BCUT2D eigenvalue weighted by Crippen LogP contribution is 2.32. The van der Waals surface area contributed by atoms with E-state index in [2.05, 4.69) is 14.5 Å². The standard InChI is InChI=1S/C18H20N4O.2ClH/c1-11-3-2-4-12-9-15(18(23)21-16(11)12)17-20-7-8-22(17)14-6-5-13(19)10-14;;/h2-4,7-9,13-14H,5-6,10,19H2,1H3,(H,21,23);2*1H/t13-,14-;;/m1../s1. The summed E-state index contributed by atoms with van der Waals surface area (Å²) in [6, 6.07) is 8.53. The number of H-pyrrole nitrogens is 1. The van der Waals surface area contributed by atoms with Gasteiger partial charge >= 0.3 is 0 Å². The van der Waals surface area contributed by atoms with Crippen LogP contribution in [-0.4, -0.2) is 20.6 Å². The molecule has 7 heteroatoms. The minimum Gasteiger partial charge on any atom is -0.328 e. The highest BCUT2D eigenvalue weighted by Gasteiger charge is 2.25. The number of para-hydroxylation sites is 1. The summed E-state index contributed by atoms with van der Waals surface area (Å²) in [4.78, 5) is 20.0. The fourth-order valence-electron chi connectivity index (χ4n) is 3.61. The zero-order valence-electron chi connectivity index (χ0n) is 13.9. The number of hydrogen-bond acceptors (Lipinski definition) is 3. The van der Waals surface area contributed by atoms with Gasteiger partial charge < -0.3 is 15.3 Å². The predicted octanol–water partition coefficient (Wildman–Crippen LogP) is 3.60. The number of rotatable bonds is 2. The highest BCUT2D eigenvalue weighted by atomic mass is 35.5. The molecule has 0 unspecified atom stereocenters. The first-order valence-corrected chi connectivity index (χ1v) is 8.05. The van der Waals surface area contributed by atoms with Gasteiger partial charge in [0.25, 0.3) is 5.56 Å². The number of nitrogens with one attached hydrogen (secondary N) is 1. The van der Waals surface area contributed by atoms with Crippen molar-refractivity contribution < 1.29 is 0 Å². The Hall–Kier alpha value is -1.82. The van der Waals surface area contributed by atoms with Gasteiger partial charge in [-0.15, -0.1) is 24.8 Å². The number of pyridine rings is 1. The lowest BCUT2D eigenvalue weighted by Crippen LogP contribution is -2.17. The lowest BCUT2D eigenvalue weighted by Gasteiger charge is -2.15. The summed E-state index contributed by atoms with van der Waals surface area (Å²) in [6.07, 6.45) is 6.72. The molecule has 1 saturated carbocycles. The number of aromatic nitrogens is 3. The molecule has 4 rings (SSSR count). The van der Waals surface area contributed by atoms with E-state index in [0.717, 1.165) is 41.6 Å². The quantitative estimate of drug-likeness (QED) is 0.712. The Kier molecular flexibility index (Phi) is 5.93. The molecule has 1 aliphatic carbocycles. The van der Waals surface area contributed by atoms with Gasteiger partial charge in [-0.1, -0.05) is 18.2 Å². The van der Waals surface area contributed by atoms with Crippen LogP contribution in [0.1, 0.15) is 30.9 Å². The molecule has 2 heterocycles. The average Bonchev–Trinajstić information content (AvgIpc) is 3.16. The van der Waals surface area contributed by atoms with Crippen LogP contribution in [0.4, 0.5) is 0 Å². The number of aromatic amines is 1. The summed E-state index contributed by atoms with van der Waals surface area (Å²) in [5, 5.41) is 1.03. The van der Waals surface area contributed by atoms with Gasteiger partial charge in [0.2, 0.25) is 0 Å². The van der Waals surface area contributed by atoms with Crippen LogP contribution in [0, 0.1) is 6.92 Å². The molecule has 2 aromatic heterocycles. The van der Waals surface area contributed by atoms with Gasteiger partial charge in [-0.05, 0) is 43.2 Å². The van der Waals surface area contributed by atoms with Crippen LogP contribution in [0.2, 0.25) is 0 Å². The van der Waals surface area contributed by atoms with Gasteiger partial charge in [0.1, 0.15) is 5.82 Å². The lowest BCUT2D eigenvalue weighted by atomic mass is 10.1. The molecule has 0 saturated heterocycles. The normalized spacial score (nSPS) is 19.4. The van der Waals surface area contributed by atoms with Gasteiger partial charge in [-0.25, -0.2) is 4.98 Å². The van der Waals surface area contributed by atoms with Crippen LogP contribution in [0.3, 0.4) is 0 Å². The van der Waals surface area contributed by atoms with E-state index < -0.39 is 0 Å². The largest absolute Gasteiger partial charge is 0.328 e. The lowest BCUT2D eigenvalue weighted by molar-refractivity contribution is 0.514. The molecule has 3 aromatic rings. The number of fused-ring (bicyclic) bond motifs is 1. The third kappa shape index (κ3) is 3.45. The van der Waals surface area contributed by atoms with E-state index in [9.17, 15) is 4.79 Å². The van der Waals surface area contributed by atoms with Crippen molar-refractivity contribution in [2.45, 2.75) is 38.3 Å². The zero-order chi connectivity index (χ0) is 16.0. The summed E-state index contributed by atoms with van der Waals surface area (Å²) < 4.78 is 2.11. The van der Waals surface area contributed by atoms with Crippen LogP contribution in [-0.2, 0) is 0 Å². The smallest absolute Gasteiger partial charge is 0.259 e. The molecule has 0 bridgehead atoms. The second-order valence-electron chi connectivity index (χ2n) is 6.44. The minimum atomic E-state index is -0.0958. The maximum absolute atomic E-state index is 12.6. The zero-order valence-corrected chi connectivity index (χ0v) is 15.6. The molecule has 0 spiro atoms. The van der Waals surface area contributed by atoms with E-state index in [-0.39, 0.29) is 36.4 Å². The Morgan fingerprint density at radius 3 is 2.80 bits per heavy atom. The Bertz CT molecular complexity index is 934. The first kappa shape index (κ1) is 19.5. The molecule has 0 radical (unpaired) electrons. The van der Waals surface area contributed by atoms with Gasteiger partial charge in [0, 0.05) is 24.5 Å². The molecule has 0 amide bonds. The molecule has 1 aromatic carbocycles. The molecule has 0 aliphatic heterocycles. The molecular formula is C18H22Cl2N4O. The summed E-state index contributed by atoms with van der Waals surface area (Å²) >= 11 is 0. The fraction of sp³-hybridized carbons (Fsp3) is 0.333. The molecule has 134 valence electrons. The highest BCUT2D eigenvalue weighted by molar-refractivity contribution is 5.86. The molecule has 25 heavy (non-hydrogen) atoms. The Balaban J connectivity index is 0.00000113. The van der Waals surface area contributed by atoms with Crippen molar-refractivity contribution in [2.75, 3.05) is 0 Å². The maximum Gasteiger partial charge on any atom is 0.259 e. The second kappa shape index (κ2) is 7.60. The van der Waals surface area contributed by atoms with Gasteiger partial charge in [-0.3, -0.25) is 4.79 Å². The summed E-state index contributed by atoms with van der Waals surface area (Å²) in [6.45, 7) is 2.00. The van der Waals surface area contributed by atoms with E-state index in [0.29, 0.717) is 11.6 Å². The number of nitrogens with two attached hydrogens (primary N) is 1. The van der Waals surface area contributed by atoms with Crippen molar-refractivity contribution in [1.82, 2.24) is 14.5 Å². The van der Waals surface area contributed by atoms with Crippen LogP contribution in [0.25, 0.3) is 22.3 Å². The molecule has 1 aliphatic rings. The number of benzene rings is 1. The van der Waals surface area contributed by atoms with Crippen LogP contribution < -0.4 is 11.3 Å². The van der Waals surface area contributed by atoms with E-state index in [4.69, 9.17) is 5.73 Å². The van der Waals surface area contributed by atoms with E-state index >= 15 is 0 Å². The summed E-state index contributed by atoms with van der Waals surface area (Å²) in [5.41, 5.74) is 8.52. The first-order chi connectivity index (χ1) is 11.1. The van der Waals surface area contributed by atoms with Crippen LogP contribution >= 0.6 is 24.8 Å². The molecule has 3 N–H and O–H groups in total. The first-order valence-electron chi connectivity index (χ1n) is 8.05. The molecule has 5 nitrogen and oxygen atoms in total. The Morgan fingerprint density at radius 2 is 2.08 bits per heavy atom. The van der Waals surface area contributed by atoms with E-state index in [1.807, 2.05) is 37.4 Å². The maximum atomic E-state index is 12.6. The Morgan fingerprint density at radius 1 is 1.28 bits per heavy atom. The van der Waals surface area contributed by atoms with Crippen molar-refractivity contribution in [3.8, 4) is 11.4 Å². The van der Waals surface area contributed by atoms with Gasteiger partial charge in [0.15, 0.2) is 0 Å². The van der Waals surface area contributed by atoms with Crippen molar-refractivity contribution in [2.24, 2.45) is 5.73 Å². The number of imidazole rings is 1. The monoisotopic (exact) mass is 380 g/mol. The third-order valence-electron chi connectivity index (χ3n) is 4.84. The molecule has 1 fully saturated rings. The van der Waals surface area contributed by atoms with E-state index in [1.54, 1.807) is 6.20 Å². The van der Waals surface area contributed by atoms with E-state index in [1.165, 1.54) is 0 Å². The van der Waals surface area contributed by atoms with Crippen molar-refractivity contribution >= 4 is 35.7 Å². The summed E-state index contributed by atoms with van der Waals surface area (Å²) in [5.74, 6) is 0.730. The molecule has 2 atom stereocenters. The SMILES string of the molecule is Cc1cccc2cc(-c3nccn3[C@@H]3CC[C@@H](N)C3)c(=O)[nH]c12.Cl.Cl. The summed E-state index contributed by atoms with van der Waals surface area (Å²) in [7, 11) is 0. The van der Waals surface area contributed by atoms with Gasteiger partial charge in [-0.2, -0.15) is 0 Å². The predicted molar refractivity (Wildman–Crippen MR) is 106 cm³/mol. The topological polar surface area (TPSA) is 76.7 Å². The minimum absolute atomic E-state index is 0. The Labute approximate surface area is 158 Å². The molecular weight excluding hydrogens is 359 g/mol. The van der Waals surface area contributed by atoms with Crippen LogP contribution in [0.5, 0.6) is 0 Å². The number of halogens is 2. The van der Waals surface area contributed by atoms with Crippen LogP contribution in [0.15, 0.2) is 41.5 Å².